The summed E-state index contributed by atoms with van der Waals surface area (Å²) in [7, 11) is -3.51. The van der Waals surface area contributed by atoms with Gasteiger partial charge in [0.25, 0.3) is 5.91 Å². The minimum atomic E-state index is -3.51. The summed E-state index contributed by atoms with van der Waals surface area (Å²) in [4.78, 5) is 15.6. The molecule has 3 rings (SSSR count). The van der Waals surface area contributed by atoms with Crippen LogP contribution < -0.4 is 0 Å². The zero-order valence-corrected chi connectivity index (χ0v) is 15.9. The van der Waals surface area contributed by atoms with Crippen LogP contribution in [-0.4, -0.2) is 25.8 Å². The standard InChI is InChI=1S/C19H19NO4S2/c1-2-20(13-16-7-6-12-25-16)19(21)18-11-10-15(24-18)14-26(22,23)17-8-4-3-5-9-17/h3-12H,2,13-14H2,1H3. The van der Waals surface area contributed by atoms with Gasteiger partial charge in [-0.15, -0.1) is 11.3 Å². The maximum Gasteiger partial charge on any atom is 0.289 e. The second-order valence-electron chi connectivity index (χ2n) is 5.74. The molecule has 0 fully saturated rings. The first kappa shape index (κ1) is 18.4. The topological polar surface area (TPSA) is 67.6 Å². The number of furan rings is 1. The van der Waals surface area contributed by atoms with Crippen LogP contribution in [0.15, 0.2) is 69.3 Å². The van der Waals surface area contributed by atoms with Crippen molar-refractivity contribution in [2.75, 3.05) is 6.54 Å². The van der Waals surface area contributed by atoms with Gasteiger partial charge in [0, 0.05) is 11.4 Å². The molecule has 0 bridgehead atoms. The molecular weight excluding hydrogens is 370 g/mol. The Balaban J connectivity index is 1.73. The molecule has 0 aliphatic carbocycles. The predicted molar refractivity (Wildman–Crippen MR) is 101 cm³/mol. The molecule has 1 amide bonds. The summed E-state index contributed by atoms with van der Waals surface area (Å²) >= 11 is 1.59. The van der Waals surface area contributed by atoms with Gasteiger partial charge in [0.05, 0.1) is 11.4 Å². The van der Waals surface area contributed by atoms with Crippen LogP contribution >= 0.6 is 11.3 Å². The number of carbonyl (C=O) groups excluding carboxylic acids is 1. The maximum absolute atomic E-state index is 12.6. The van der Waals surface area contributed by atoms with Gasteiger partial charge in [-0.2, -0.15) is 0 Å². The summed E-state index contributed by atoms with van der Waals surface area (Å²) < 4.78 is 30.4. The van der Waals surface area contributed by atoms with E-state index in [9.17, 15) is 13.2 Å². The molecule has 0 unspecified atom stereocenters. The van der Waals surface area contributed by atoms with Gasteiger partial charge in [-0.3, -0.25) is 4.79 Å². The fourth-order valence-corrected chi connectivity index (χ4v) is 4.53. The molecule has 26 heavy (non-hydrogen) atoms. The number of thiophene rings is 1. The third kappa shape index (κ3) is 4.23. The highest BCUT2D eigenvalue weighted by molar-refractivity contribution is 7.90. The second-order valence-corrected chi connectivity index (χ2v) is 8.76. The average molecular weight is 389 g/mol. The van der Waals surface area contributed by atoms with Crippen molar-refractivity contribution in [2.24, 2.45) is 0 Å². The van der Waals surface area contributed by atoms with Gasteiger partial charge in [-0.05, 0) is 42.6 Å². The van der Waals surface area contributed by atoms with Crippen LogP contribution in [0.4, 0.5) is 0 Å². The average Bonchev–Trinajstić information content (AvgIpc) is 3.31. The SMILES string of the molecule is CCN(Cc1cccs1)C(=O)c1ccc(CS(=O)(=O)c2ccccc2)o1. The zero-order valence-electron chi connectivity index (χ0n) is 14.3. The summed E-state index contributed by atoms with van der Waals surface area (Å²) in [6.07, 6.45) is 0. The normalized spacial score (nSPS) is 11.4. The maximum atomic E-state index is 12.6. The molecule has 0 radical (unpaired) electrons. The number of hydrogen-bond donors (Lipinski definition) is 0. The van der Waals surface area contributed by atoms with E-state index in [0.29, 0.717) is 13.1 Å². The van der Waals surface area contributed by atoms with E-state index in [0.717, 1.165) is 4.88 Å². The van der Waals surface area contributed by atoms with Crippen molar-refractivity contribution >= 4 is 27.1 Å². The molecule has 2 heterocycles. The lowest BCUT2D eigenvalue weighted by Gasteiger charge is -2.18. The number of sulfone groups is 1. The third-order valence-electron chi connectivity index (χ3n) is 3.90. The van der Waals surface area contributed by atoms with E-state index >= 15 is 0 Å². The molecule has 1 aromatic carbocycles. The third-order valence-corrected chi connectivity index (χ3v) is 6.42. The molecular formula is C19H19NO4S2. The summed E-state index contributed by atoms with van der Waals surface area (Å²) in [5.41, 5.74) is 0. The van der Waals surface area contributed by atoms with E-state index in [-0.39, 0.29) is 28.1 Å². The van der Waals surface area contributed by atoms with E-state index in [4.69, 9.17) is 4.42 Å². The molecule has 7 heteroatoms. The number of hydrogen-bond acceptors (Lipinski definition) is 5. The van der Waals surface area contributed by atoms with Crippen molar-refractivity contribution in [3.8, 4) is 0 Å². The number of nitrogens with zero attached hydrogens (tertiary/aromatic N) is 1. The van der Waals surface area contributed by atoms with E-state index in [2.05, 4.69) is 0 Å². The molecule has 3 aromatic rings. The first-order valence-electron chi connectivity index (χ1n) is 8.18. The molecule has 0 aliphatic heterocycles. The quantitative estimate of drug-likeness (QED) is 0.613. The van der Waals surface area contributed by atoms with E-state index < -0.39 is 9.84 Å². The van der Waals surface area contributed by atoms with Gasteiger partial charge >= 0.3 is 0 Å². The Bertz CT molecular complexity index is 960. The van der Waals surface area contributed by atoms with Gasteiger partial charge in [0.15, 0.2) is 15.6 Å². The van der Waals surface area contributed by atoms with Gasteiger partial charge in [0.2, 0.25) is 0 Å². The zero-order chi connectivity index (χ0) is 18.6. The number of benzene rings is 1. The molecule has 0 spiro atoms. The van der Waals surface area contributed by atoms with E-state index in [1.165, 1.54) is 6.07 Å². The Hall–Kier alpha value is -2.38. The molecule has 2 aromatic heterocycles. The van der Waals surface area contributed by atoms with Crippen molar-refractivity contribution in [3.05, 3.63) is 76.4 Å². The fourth-order valence-electron chi connectivity index (χ4n) is 2.54. The van der Waals surface area contributed by atoms with E-state index in [1.807, 2.05) is 24.4 Å². The molecule has 0 N–H and O–H groups in total. The highest BCUT2D eigenvalue weighted by Gasteiger charge is 2.22. The van der Waals surface area contributed by atoms with Gasteiger partial charge < -0.3 is 9.32 Å². The van der Waals surface area contributed by atoms with Crippen molar-refractivity contribution in [3.63, 3.8) is 0 Å². The van der Waals surface area contributed by atoms with Crippen LogP contribution in [0, 0.1) is 0 Å². The first-order valence-corrected chi connectivity index (χ1v) is 10.7. The Morgan fingerprint density at radius 2 is 1.85 bits per heavy atom. The predicted octanol–water partition coefficient (Wildman–Crippen LogP) is 3.98. The van der Waals surface area contributed by atoms with Crippen molar-refractivity contribution in [2.45, 2.75) is 24.1 Å². The van der Waals surface area contributed by atoms with Crippen LogP contribution in [0.5, 0.6) is 0 Å². The Labute approximate surface area is 156 Å². The monoisotopic (exact) mass is 389 g/mol. The lowest BCUT2D eigenvalue weighted by molar-refractivity contribution is 0.0720. The second kappa shape index (κ2) is 7.88. The highest BCUT2D eigenvalue weighted by atomic mass is 32.2. The van der Waals surface area contributed by atoms with Crippen LogP contribution in [0.1, 0.15) is 28.1 Å². The number of carbonyl (C=O) groups is 1. The van der Waals surface area contributed by atoms with Crippen molar-refractivity contribution < 1.29 is 17.6 Å². The molecule has 0 saturated carbocycles. The van der Waals surface area contributed by atoms with Crippen molar-refractivity contribution in [1.82, 2.24) is 4.90 Å². The van der Waals surface area contributed by atoms with Crippen molar-refractivity contribution in [1.29, 1.82) is 0 Å². The Kier molecular flexibility index (Phi) is 5.58. The van der Waals surface area contributed by atoms with Crippen LogP contribution in [-0.2, 0) is 22.1 Å². The number of amides is 1. The summed E-state index contributed by atoms with van der Waals surface area (Å²) in [5, 5.41) is 1.97. The van der Waals surface area contributed by atoms with Crippen LogP contribution in [0.3, 0.4) is 0 Å². The Morgan fingerprint density at radius 3 is 2.50 bits per heavy atom. The molecule has 5 nitrogen and oxygen atoms in total. The number of rotatable bonds is 7. The largest absolute Gasteiger partial charge is 0.455 e. The molecule has 136 valence electrons. The first-order chi connectivity index (χ1) is 12.5. The molecule has 0 atom stereocenters. The van der Waals surface area contributed by atoms with Crippen LogP contribution in [0.2, 0.25) is 0 Å². The summed E-state index contributed by atoms with van der Waals surface area (Å²) in [6, 6.07) is 15.2. The molecule has 0 saturated heterocycles. The minimum absolute atomic E-state index is 0.154. The Morgan fingerprint density at radius 1 is 1.08 bits per heavy atom. The highest BCUT2D eigenvalue weighted by Crippen LogP contribution is 2.20. The smallest absolute Gasteiger partial charge is 0.289 e. The molecule has 0 aliphatic rings. The minimum Gasteiger partial charge on any atom is -0.455 e. The van der Waals surface area contributed by atoms with Gasteiger partial charge in [-0.1, -0.05) is 24.3 Å². The van der Waals surface area contributed by atoms with Crippen LogP contribution in [0.25, 0.3) is 0 Å². The fraction of sp³-hybridized carbons (Fsp3) is 0.211. The van der Waals surface area contributed by atoms with Gasteiger partial charge in [0.1, 0.15) is 11.5 Å². The summed E-state index contributed by atoms with van der Waals surface area (Å²) in [6.45, 7) is 2.94. The lowest BCUT2D eigenvalue weighted by atomic mass is 10.3. The van der Waals surface area contributed by atoms with Gasteiger partial charge in [-0.25, -0.2) is 8.42 Å². The van der Waals surface area contributed by atoms with E-state index in [1.54, 1.807) is 52.6 Å². The lowest BCUT2D eigenvalue weighted by Crippen LogP contribution is -2.29. The summed E-state index contributed by atoms with van der Waals surface area (Å²) in [5.74, 6) is -0.114.